The van der Waals surface area contributed by atoms with Gasteiger partial charge in [0.1, 0.15) is 12.1 Å². The molecule has 526 valence electrons. The van der Waals surface area contributed by atoms with Crippen LogP contribution < -0.4 is 42.5 Å². The van der Waals surface area contributed by atoms with Crippen molar-refractivity contribution in [3.8, 4) is 0 Å². The molecule has 17 nitrogen and oxygen atoms in total. The first-order valence-electron chi connectivity index (χ1n) is 36.4. The van der Waals surface area contributed by atoms with Gasteiger partial charge in [0.25, 0.3) is 0 Å². The van der Waals surface area contributed by atoms with Crippen LogP contribution in [0.5, 0.6) is 0 Å². The van der Waals surface area contributed by atoms with Gasteiger partial charge in [0.15, 0.2) is 11.6 Å². The molecule has 0 aromatic heterocycles. The predicted octanol–water partition coefficient (Wildman–Crippen LogP) is 13.5. The van der Waals surface area contributed by atoms with Crippen molar-refractivity contribution in [2.45, 2.75) is 346 Å². The average Bonchev–Trinajstić information content (AvgIpc) is 2.95. The summed E-state index contributed by atoms with van der Waals surface area (Å²) in [5.41, 5.74) is 0. The largest absolute Gasteiger partial charge is 0.356 e. The van der Waals surface area contributed by atoms with Gasteiger partial charge in [-0.1, -0.05) is 175 Å². The van der Waals surface area contributed by atoms with Crippen molar-refractivity contribution in [3.05, 3.63) is 0 Å². The molecular formula is C73H140N8O9. The Morgan fingerprint density at radius 1 is 0.244 bits per heavy atom. The summed E-state index contributed by atoms with van der Waals surface area (Å²) in [6.45, 7) is 35.9. The van der Waals surface area contributed by atoms with Crippen molar-refractivity contribution in [3.63, 3.8) is 0 Å². The Morgan fingerprint density at radius 2 is 0.478 bits per heavy atom. The summed E-state index contributed by atoms with van der Waals surface area (Å²) in [5.74, 6) is 1.96. The summed E-state index contributed by atoms with van der Waals surface area (Å²) < 4.78 is 0. The van der Waals surface area contributed by atoms with E-state index >= 15 is 0 Å². The van der Waals surface area contributed by atoms with E-state index in [-0.39, 0.29) is 64.8 Å². The number of Topliss-reactive ketones (excluding diaryl/α,β-unsaturated/α-hetero) is 2. The first-order valence-corrected chi connectivity index (χ1v) is 36.4. The predicted molar refractivity (Wildman–Crippen MR) is 372 cm³/mol. The number of nitrogens with one attached hydrogen (secondary N) is 8. The molecule has 90 heavy (non-hydrogen) atoms. The quantitative estimate of drug-likeness (QED) is 0.0268. The first kappa shape index (κ1) is 87.7. The summed E-state index contributed by atoms with van der Waals surface area (Å²) >= 11 is 0. The lowest BCUT2D eigenvalue weighted by Crippen LogP contribution is -2.52. The van der Waals surface area contributed by atoms with Crippen molar-refractivity contribution in [1.29, 1.82) is 0 Å². The molecule has 4 atom stereocenters. The SMILES string of the molecule is CC(C)CCCCC(=O)NCCCCC(NC(=O)CCCCC(C)C)C(=O)NC(CCCCNC(=O)CCCCC(C)C)C(=O)C(C)C.CC(C)CCCCC(=O)NCCCCC(NC(=O)CCCCC(C)C)C(=O)NC(CCCCNC(C)C)C(=O)C(C)C. The normalized spacial score (nSPS) is 12.9. The molecule has 0 rings (SSSR count). The molecule has 4 unspecified atom stereocenters. The van der Waals surface area contributed by atoms with E-state index in [1.807, 2.05) is 27.7 Å². The molecule has 0 bridgehead atoms. The first-order chi connectivity index (χ1) is 42.5. The van der Waals surface area contributed by atoms with Crippen LogP contribution >= 0.6 is 0 Å². The topological polar surface area (TPSA) is 250 Å². The maximum atomic E-state index is 13.5. The molecule has 17 heteroatoms. The second kappa shape index (κ2) is 56.2. The van der Waals surface area contributed by atoms with E-state index in [9.17, 15) is 43.2 Å². The molecule has 0 radical (unpaired) electrons. The van der Waals surface area contributed by atoms with E-state index in [1.54, 1.807) is 0 Å². The molecular weight excluding hydrogens is 1130 g/mol. The van der Waals surface area contributed by atoms with Crippen LogP contribution in [-0.2, 0) is 43.2 Å². The number of hydrogen-bond acceptors (Lipinski definition) is 10. The van der Waals surface area contributed by atoms with Gasteiger partial charge in [0, 0.05) is 69.6 Å². The maximum Gasteiger partial charge on any atom is 0.243 e. The fourth-order valence-electron chi connectivity index (χ4n) is 10.4. The van der Waals surface area contributed by atoms with E-state index in [0.717, 1.165) is 129 Å². The van der Waals surface area contributed by atoms with Gasteiger partial charge in [-0.2, -0.15) is 0 Å². The van der Waals surface area contributed by atoms with Gasteiger partial charge in [0.05, 0.1) is 12.1 Å². The third-order valence-electron chi connectivity index (χ3n) is 16.1. The molecule has 0 heterocycles. The van der Waals surface area contributed by atoms with Crippen LogP contribution in [0.3, 0.4) is 0 Å². The number of rotatable bonds is 56. The van der Waals surface area contributed by atoms with Crippen LogP contribution in [0.25, 0.3) is 0 Å². The third-order valence-corrected chi connectivity index (χ3v) is 16.1. The smallest absolute Gasteiger partial charge is 0.243 e. The monoisotopic (exact) mass is 1270 g/mol. The fraction of sp³-hybridized carbons (Fsp3) is 0.877. The van der Waals surface area contributed by atoms with Crippen LogP contribution in [0.1, 0.15) is 316 Å². The van der Waals surface area contributed by atoms with E-state index in [0.29, 0.717) is 139 Å². The van der Waals surface area contributed by atoms with Crippen LogP contribution in [0, 0.1) is 41.4 Å². The van der Waals surface area contributed by atoms with E-state index in [4.69, 9.17) is 0 Å². The van der Waals surface area contributed by atoms with Crippen molar-refractivity contribution >= 4 is 52.9 Å². The molecule has 0 aliphatic heterocycles. The summed E-state index contributed by atoms with van der Waals surface area (Å²) in [7, 11) is 0. The lowest BCUT2D eigenvalue weighted by atomic mass is 9.96. The highest BCUT2D eigenvalue weighted by atomic mass is 16.2. The Hall–Kier alpha value is -4.41. The lowest BCUT2D eigenvalue weighted by Gasteiger charge is -2.24. The van der Waals surface area contributed by atoms with Crippen molar-refractivity contribution in [1.82, 2.24) is 42.5 Å². The average molecular weight is 1270 g/mol. The Balaban J connectivity index is 0. The summed E-state index contributed by atoms with van der Waals surface area (Å²) in [5, 5.41) is 24.2. The van der Waals surface area contributed by atoms with Crippen molar-refractivity contribution < 1.29 is 43.2 Å². The molecule has 0 spiro atoms. The van der Waals surface area contributed by atoms with E-state index < -0.39 is 24.2 Å². The fourth-order valence-corrected chi connectivity index (χ4v) is 10.4. The Morgan fingerprint density at radius 3 is 0.722 bits per heavy atom. The van der Waals surface area contributed by atoms with Gasteiger partial charge in [-0.05, 0) is 145 Å². The number of carbonyl (C=O) groups excluding carboxylic acids is 9. The minimum Gasteiger partial charge on any atom is -0.356 e. The zero-order valence-electron chi connectivity index (χ0n) is 60.6. The standard InChI is InChI=1S/C39H74N4O5.C34H66N4O4/c1-29(2)19-9-12-24-35(44)40-27-17-15-22-33(38(47)32(7)8)43-39(48)34(42-37(46)26-14-11-21-31(5)6)23-16-18-28-41-36(45)25-13-10-20-30(3)4;1-25(2)17-9-11-21-31(39)36-24-16-14-20-30(37-32(40)22-12-10-18-26(3)4)34(42)38-29(33(41)27(5)6)19-13-15-23-35-28(7)8/h29-34H,9-28H2,1-8H3,(H,40,44)(H,41,45)(H,42,46)(H,43,48);25-30,35H,9-24H2,1-8H3,(H,36,39)(H,37,40)(H,38,42). The highest BCUT2D eigenvalue weighted by Crippen LogP contribution is 2.16. The highest BCUT2D eigenvalue weighted by Gasteiger charge is 2.29. The molecule has 7 amide bonds. The zero-order valence-corrected chi connectivity index (χ0v) is 60.6. The number of carbonyl (C=O) groups is 9. The molecule has 0 aliphatic carbocycles. The molecule has 0 aromatic carbocycles. The number of ketones is 2. The van der Waals surface area contributed by atoms with Gasteiger partial charge >= 0.3 is 0 Å². The molecule has 8 N–H and O–H groups in total. The molecule has 0 saturated carbocycles. The van der Waals surface area contributed by atoms with E-state index in [2.05, 4.69) is 126 Å². The van der Waals surface area contributed by atoms with Crippen LogP contribution in [0.15, 0.2) is 0 Å². The van der Waals surface area contributed by atoms with Gasteiger partial charge < -0.3 is 42.5 Å². The number of unbranched alkanes of at least 4 members (excludes halogenated alkanes) is 9. The minimum atomic E-state index is -0.744. The van der Waals surface area contributed by atoms with E-state index in [1.165, 1.54) is 0 Å². The second-order valence-corrected chi connectivity index (χ2v) is 28.8. The molecule has 0 saturated heterocycles. The summed E-state index contributed by atoms with van der Waals surface area (Å²) in [6.07, 6.45) is 25.1. The highest BCUT2D eigenvalue weighted by molar-refractivity contribution is 5.94. The van der Waals surface area contributed by atoms with Crippen LogP contribution in [0.4, 0.5) is 0 Å². The second-order valence-electron chi connectivity index (χ2n) is 28.8. The Kier molecular flexibility index (Phi) is 54.7. The molecule has 0 aromatic rings. The Bertz CT molecular complexity index is 1920. The number of hydrogen-bond donors (Lipinski definition) is 8. The minimum absolute atomic E-state index is 0.0232. The van der Waals surface area contributed by atoms with Crippen molar-refractivity contribution in [2.75, 3.05) is 26.2 Å². The zero-order chi connectivity index (χ0) is 68.2. The van der Waals surface area contributed by atoms with Crippen LogP contribution in [0.2, 0.25) is 0 Å². The third kappa shape index (κ3) is 54.2. The van der Waals surface area contributed by atoms with Crippen LogP contribution in [-0.4, -0.2) is 109 Å². The Labute approximate surface area is 550 Å². The number of amides is 7. The van der Waals surface area contributed by atoms with Gasteiger partial charge in [-0.3, -0.25) is 43.2 Å². The van der Waals surface area contributed by atoms with Gasteiger partial charge in [-0.25, -0.2) is 0 Å². The van der Waals surface area contributed by atoms with Gasteiger partial charge in [-0.15, -0.1) is 0 Å². The lowest BCUT2D eigenvalue weighted by molar-refractivity contribution is -0.132. The maximum absolute atomic E-state index is 13.5. The summed E-state index contributed by atoms with van der Waals surface area (Å²) in [4.78, 5) is 115. The van der Waals surface area contributed by atoms with Crippen molar-refractivity contribution in [2.24, 2.45) is 41.4 Å². The van der Waals surface area contributed by atoms with Gasteiger partial charge in [0.2, 0.25) is 41.4 Å². The summed E-state index contributed by atoms with van der Waals surface area (Å²) in [6, 6.07) is -2.23. The molecule has 0 fully saturated rings. The molecule has 0 aliphatic rings.